The first-order valence-corrected chi connectivity index (χ1v) is 7.07. The fraction of sp³-hybridized carbons (Fsp3) is 0.364. The van der Waals surface area contributed by atoms with Gasteiger partial charge in [0, 0.05) is 12.6 Å². The quantitative estimate of drug-likeness (QED) is 0.756. The molecule has 0 fully saturated rings. The summed E-state index contributed by atoms with van der Waals surface area (Å²) < 4.78 is 23.2. The van der Waals surface area contributed by atoms with E-state index in [0.29, 0.717) is 5.56 Å². The summed E-state index contributed by atoms with van der Waals surface area (Å²) in [6, 6.07) is 5.65. The summed E-state index contributed by atoms with van der Waals surface area (Å²) in [7, 11) is -3.22. The Hall–Kier alpha value is -1.31. The van der Waals surface area contributed by atoms with Crippen molar-refractivity contribution in [3.8, 4) is 0 Å². The van der Waals surface area contributed by atoms with Crippen LogP contribution in [0.1, 0.15) is 18.5 Å². The van der Waals surface area contributed by atoms with Gasteiger partial charge in [-0.25, -0.2) is 13.2 Å². The van der Waals surface area contributed by atoms with Crippen LogP contribution in [0, 0.1) is 0 Å². The molecule has 0 spiro atoms. The number of carboxylic acid groups (broad SMARTS) is 1. The van der Waals surface area contributed by atoms with Crippen LogP contribution in [-0.2, 0) is 9.84 Å². The number of hydrogen-bond acceptors (Lipinski definition) is 4. The Morgan fingerprint density at radius 1 is 1.37 bits per heavy atom. The Kier molecular flexibility index (Phi) is 6.82. The molecule has 19 heavy (non-hydrogen) atoms. The number of sulfone groups is 1. The summed E-state index contributed by atoms with van der Waals surface area (Å²) in [5, 5.41) is 10.6. The molecule has 1 amide bonds. The molecule has 1 aromatic carbocycles. The molecule has 4 N–H and O–H groups in total. The van der Waals surface area contributed by atoms with Crippen LogP contribution in [0.15, 0.2) is 29.2 Å². The third-order valence-corrected chi connectivity index (χ3v) is 4.27. The molecule has 0 saturated carbocycles. The maximum Gasteiger partial charge on any atom is 0.404 e. The number of nitrogens with one attached hydrogen (secondary N) is 1. The van der Waals surface area contributed by atoms with Gasteiger partial charge in [0.2, 0.25) is 0 Å². The largest absolute Gasteiger partial charge is 0.465 e. The third kappa shape index (κ3) is 5.06. The van der Waals surface area contributed by atoms with E-state index in [1.165, 1.54) is 12.1 Å². The highest BCUT2D eigenvalue weighted by Gasteiger charge is 2.12. The van der Waals surface area contributed by atoms with Crippen molar-refractivity contribution in [1.82, 2.24) is 5.32 Å². The van der Waals surface area contributed by atoms with Crippen molar-refractivity contribution in [3.63, 3.8) is 0 Å². The molecular weight excluding hydrogens is 292 g/mol. The van der Waals surface area contributed by atoms with Crippen LogP contribution in [0.2, 0.25) is 0 Å². The van der Waals surface area contributed by atoms with Crippen molar-refractivity contribution in [3.05, 3.63) is 29.8 Å². The molecule has 0 aliphatic carbocycles. The van der Waals surface area contributed by atoms with Crippen molar-refractivity contribution in [1.29, 1.82) is 0 Å². The number of nitrogens with two attached hydrogens (primary N) is 1. The minimum absolute atomic E-state index is 0. The molecule has 8 heteroatoms. The van der Waals surface area contributed by atoms with E-state index in [1.54, 1.807) is 19.1 Å². The highest BCUT2D eigenvalue weighted by atomic mass is 35.5. The van der Waals surface area contributed by atoms with Gasteiger partial charge in [-0.15, -0.1) is 12.4 Å². The van der Waals surface area contributed by atoms with E-state index in [9.17, 15) is 13.2 Å². The van der Waals surface area contributed by atoms with Crippen molar-refractivity contribution in [2.75, 3.05) is 12.3 Å². The Morgan fingerprint density at radius 2 is 1.89 bits per heavy atom. The lowest BCUT2D eigenvalue weighted by Gasteiger charge is -2.12. The molecule has 108 valence electrons. The normalized spacial score (nSPS) is 12.3. The molecule has 0 heterocycles. The summed E-state index contributed by atoms with van der Waals surface area (Å²) in [5.41, 5.74) is 6.44. The van der Waals surface area contributed by atoms with Crippen LogP contribution in [0.5, 0.6) is 0 Å². The van der Waals surface area contributed by atoms with Gasteiger partial charge in [0.1, 0.15) is 0 Å². The van der Waals surface area contributed by atoms with Crippen LogP contribution < -0.4 is 11.1 Å². The fourth-order valence-electron chi connectivity index (χ4n) is 1.40. The third-order valence-electron chi connectivity index (χ3n) is 2.52. The van der Waals surface area contributed by atoms with Gasteiger partial charge < -0.3 is 16.2 Å². The first-order valence-electron chi connectivity index (χ1n) is 5.42. The highest BCUT2D eigenvalue weighted by Crippen LogP contribution is 2.15. The Balaban J connectivity index is 0.00000324. The Labute approximate surface area is 118 Å². The second-order valence-electron chi connectivity index (χ2n) is 3.77. The maximum atomic E-state index is 11.6. The lowest BCUT2D eigenvalue weighted by atomic mass is 10.1. The van der Waals surface area contributed by atoms with E-state index < -0.39 is 22.0 Å². The van der Waals surface area contributed by atoms with Crippen LogP contribution in [0.4, 0.5) is 4.79 Å². The monoisotopic (exact) mass is 308 g/mol. The van der Waals surface area contributed by atoms with Gasteiger partial charge in [-0.1, -0.05) is 19.1 Å². The van der Waals surface area contributed by atoms with Gasteiger partial charge in [0.05, 0.1) is 10.6 Å². The number of benzene rings is 1. The lowest BCUT2D eigenvalue weighted by molar-refractivity contribution is 0.193. The second kappa shape index (κ2) is 7.32. The first kappa shape index (κ1) is 17.7. The zero-order valence-electron chi connectivity index (χ0n) is 10.4. The van der Waals surface area contributed by atoms with Crippen molar-refractivity contribution >= 4 is 28.3 Å². The summed E-state index contributed by atoms with van der Waals surface area (Å²) >= 11 is 0. The molecule has 6 nitrogen and oxygen atoms in total. The van der Waals surface area contributed by atoms with Gasteiger partial charge in [-0.3, -0.25) is 0 Å². The maximum absolute atomic E-state index is 11.6. The van der Waals surface area contributed by atoms with E-state index >= 15 is 0 Å². The fourth-order valence-corrected chi connectivity index (χ4v) is 2.29. The van der Waals surface area contributed by atoms with Gasteiger partial charge in [-0.05, 0) is 17.7 Å². The van der Waals surface area contributed by atoms with Gasteiger partial charge in [0.25, 0.3) is 0 Å². The number of rotatable bonds is 5. The van der Waals surface area contributed by atoms with Crippen molar-refractivity contribution < 1.29 is 18.3 Å². The van der Waals surface area contributed by atoms with E-state index in [0.717, 1.165) is 0 Å². The molecule has 0 bridgehead atoms. The van der Waals surface area contributed by atoms with Gasteiger partial charge in [-0.2, -0.15) is 0 Å². The molecular formula is C11H17ClN2O4S. The van der Waals surface area contributed by atoms with Crippen LogP contribution in [-0.4, -0.2) is 31.9 Å². The molecule has 0 radical (unpaired) electrons. The molecule has 1 atom stereocenters. The van der Waals surface area contributed by atoms with E-state index in [1.807, 2.05) is 0 Å². The summed E-state index contributed by atoms with van der Waals surface area (Å²) in [5.74, 6) is 0.0406. The predicted octanol–water partition coefficient (Wildman–Crippen LogP) is 1.17. The zero-order valence-corrected chi connectivity index (χ0v) is 12.0. The van der Waals surface area contributed by atoms with Gasteiger partial charge in [0.15, 0.2) is 9.84 Å². The van der Waals surface area contributed by atoms with E-state index in [4.69, 9.17) is 10.8 Å². The Morgan fingerprint density at radius 3 is 2.32 bits per heavy atom. The minimum atomic E-state index is -3.22. The standard InChI is InChI=1S/C11H16N2O4S.ClH/c1-2-18(16,17)9-5-3-8(4-6-9)10(12)7-13-11(14)15;/h3-6,10,13H,2,7,12H2,1H3,(H,14,15);1H. The summed E-state index contributed by atoms with van der Waals surface area (Å²) in [6.07, 6.45) is -1.14. The Bertz CT molecular complexity index is 516. The van der Waals surface area contributed by atoms with Crippen LogP contribution >= 0.6 is 12.4 Å². The summed E-state index contributed by atoms with van der Waals surface area (Å²) in [6.45, 7) is 1.65. The average Bonchev–Trinajstić information content (AvgIpc) is 2.36. The zero-order chi connectivity index (χ0) is 13.8. The molecule has 1 unspecified atom stereocenters. The number of hydrogen-bond donors (Lipinski definition) is 3. The number of halogens is 1. The average molecular weight is 309 g/mol. The van der Waals surface area contributed by atoms with E-state index in [-0.39, 0.29) is 29.6 Å². The molecule has 0 aromatic heterocycles. The van der Waals surface area contributed by atoms with E-state index in [2.05, 4.69) is 5.32 Å². The SMILES string of the molecule is CCS(=O)(=O)c1ccc(C(N)CNC(=O)O)cc1.Cl. The molecule has 0 saturated heterocycles. The van der Waals surface area contributed by atoms with Crippen molar-refractivity contribution in [2.24, 2.45) is 5.73 Å². The predicted molar refractivity (Wildman–Crippen MR) is 74.4 cm³/mol. The molecule has 1 rings (SSSR count). The molecule has 0 aliphatic heterocycles. The van der Waals surface area contributed by atoms with Gasteiger partial charge >= 0.3 is 6.09 Å². The number of carbonyl (C=O) groups is 1. The highest BCUT2D eigenvalue weighted by molar-refractivity contribution is 7.91. The topological polar surface area (TPSA) is 109 Å². The van der Waals surface area contributed by atoms with Crippen molar-refractivity contribution in [2.45, 2.75) is 17.9 Å². The summed E-state index contributed by atoms with van der Waals surface area (Å²) in [4.78, 5) is 10.6. The molecule has 1 aromatic rings. The van der Waals surface area contributed by atoms with Crippen LogP contribution in [0.3, 0.4) is 0 Å². The number of amides is 1. The lowest BCUT2D eigenvalue weighted by Crippen LogP contribution is -2.30. The first-order chi connectivity index (χ1) is 8.36. The smallest absolute Gasteiger partial charge is 0.404 e. The second-order valence-corrected chi connectivity index (χ2v) is 6.04. The van der Waals surface area contributed by atoms with Crippen LogP contribution in [0.25, 0.3) is 0 Å². The molecule has 0 aliphatic rings. The minimum Gasteiger partial charge on any atom is -0.465 e.